The lowest BCUT2D eigenvalue weighted by Crippen LogP contribution is -2.44. The summed E-state index contributed by atoms with van der Waals surface area (Å²) in [5, 5.41) is 3.13. The van der Waals surface area contributed by atoms with Crippen LogP contribution in [0, 0.1) is 6.92 Å². The van der Waals surface area contributed by atoms with E-state index in [1.807, 2.05) is 25.1 Å². The highest BCUT2D eigenvalue weighted by Gasteiger charge is 2.19. The van der Waals surface area contributed by atoms with Crippen LogP contribution in [0.4, 0.5) is 17.7 Å². The van der Waals surface area contributed by atoms with Crippen molar-refractivity contribution in [3.63, 3.8) is 0 Å². The molecule has 0 unspecified atom stereocenters. The highest BCUT2D eigenvalue weighted by atomic mass is 16.5. The molecule has 0 atom stereocenters. The van der Waals surface area contributed by atoms with E-state index >= 15 is 0 Å². The number of hydrogen-bond donors (Lipinski definition) is 1. The Morgan fingerprint density at radius 2 is 1.90 bits per heavy atom. The van der Waals surface area contributed by atoms with Crippen LogP contribution in [0.3, 0.4) is 0 Å². The van der Waals surface area contributed by atoms with E-state index in [0.29, 0.717) is 17.8 Å². The molecule has 31 heavy (non-hydrogen) atoms. The van der Waals surface area contributed by atoms with Gasteiger partial charge in [-0.2, -0.15) is 9.97 Å². The van der Waals surface area contributed by atoms with Crippen molar-refractivity contribution in [3.8, 4) is 11.8 Å². The number of aryl methyl sites for hydroxylation is 1. The molecule has 3 aromatic rings. The molecule has 1 N–H and O–H groups in total. The number of ether oxygens (including phenoxy) is 1. The van der Waals surface area contributed by atoms with E-state index in [2.05, 4.69) is 51.2 Å². The van der Waals surface area contributed by atoms with Gasteiger partial charge in [0.25, 0.3) is 6.01 Å². The normalized spacial score (nSPS) is 16.2. The zero-order chi connectivity index (χ0) is 21.4. The fraction of sp³-hybridized carbons (Fsp3) is 0.348. The third kappa shape index (κ3) is 4.39. The third-order valence-electron chi connectivity index (χ3n) is 5.57. The Bertz CT molecular complexity index is 1130. The Morgan fingerprint density at radius 1 is 1.06 bits per heavy atom. The Kier molecular flexibility index (Phi) is 5.07. The minimum atomic E-state index is 0.292. The molecule has 2 aromatic heterocycles. The van der Waals surface area contributed by atoms with Gasteiger partial charge in [-0.05, 0) is 50.6 Å². The SMILES string of the molecule is CC1=Cc2cc(Oc3nc(Nc4ncc(C)o4)cc(N4CCN(C)CC4)n3)ccc2C1. The first-order valence-corrected chi connectivity index (χ1v) is 10.5. The van der Waals surface area contributed by atoms with Gasteiger partial charge in [0.1, 0.15) is 23.1 Å². The number of oxazole rings is 1. The van der Waals surface area contributed by atoms with Gasteiger partial charge in [0, 0.05) is 32.2 Å². The molecular weight excluding hydrogens is 392 g/mol. The first-order valence-electron chi connectivity index (χ1n) is 10.5. The second kappa shape index (κ2) is 8.03. The minimum Gasteiger partial charge on any atom is -0.429 e. The van der Waals surface area contributed by atoms with Crippen LogP contribution >= 0.6 is 0 Å². The number of likely N-dealkylation sites (N-methyl/N-ethyl adjacent to an activating group) is 1. The van der Waals surface area contributed by atoms with Crippen molar-refractivity contribution >= 4 is 23.7 Å². The molecule has 1 aromatic carbocycles. The van der Waals surface area contributed by atoms with E-state index in [1.54, 1.807) is 6.20 Å². The Balaban J connectivity index is 1.44. The second-order valence-electron chi connectivity index (χ2n) is 8.22. The van der Waals surface area contributed by atoms with Crippen LogP contribution in [0.1, 0.15) is 23.8 Å². The van der Waals surface area contributed by atoms with Crippen LogP contribution < -0.4 is 15.0 Å². The van der Waals surface area contributed by atoms with Gasteiger partial charge >= 0.3 is 6.01 Å². The zero-order valence-electron chi connectivity index (χ0n) is 18.1. The summed E-state index contributed by atoms with van der Waals surface area (Å²) >= 11 is 0. The monoisotopic (exact) mass is 418 g/mol. The second-order valence-corrected chi connectivity index (χ2v) is 8.22. The highest BCUT2D eigenvalue weighted by molar-refractivity contribution is 5.65. The largest absolute Gasteiger partial charge is 0.429 e. The summed E-state index contributed by atoms with van der Waals surface area (Å²) in [6.45, 7) is 7.76. The number of aromatic nitrogens is 3. The lowest BCUT2D eigenvalue weighted by atomic mass is 10.1. The number of fused-ring (bicyclic) bond motifs is 1. The van der Waals surface area contributed by atoms with Crippen molar-refractivity contribution in [3.05, 3.63) is 52.9 Å². The van der Waals surface area contributed by atoms with E-state index in [0.717, 1.165) is 49.9 Å². The van der Waals surface area contributed by atoms with Crippen LogP contribution in [-0.4, -0.2) is 53.1 Å². The minimum absolute atomic E-state index is 0.292. The topological polar surface area (TPSA) is 79.5 Å². The molecule has 160 valence electrons. The number of hydrogen-bond acceptors (Lipinski definition) is 8. The van der Waals surface area contributed by atoms with Crippen LogP contribution in [0.2, 0.25) is 0 Å². The molecular formula is C23H26N6O2. The van der Waals surface area contributed by atoms with Gasteiger partial charge in [-0.1, -0.05) is 17.7 Å². The molecule has 3 heterocycles. The molecule has 0 saturated carbocycles. The molecule has 0 spiro atoms. The summed E-state index contributed by atoms with van der Waals surface area (Å²) in [6.07, 6.45) is 4.86. The van der Waals surface area contributed by atoms with E-state index in [1.165, 1.54) is 16.7 Å². The van der Waals surface area contributed by atoms with Gasteiger partial charge < -0.3 is 19.0 Å². The van der Waals surface area contributed by atoms with Gasteiger partial charge in [0.05, 0.1) is 6.20 Å². The smallest absolute Gasteiger partial charge is 0.325 e. The van der Waals surface area contributed by atoms with Gasteiger partial charge in [0.15, 0.2) is 0 Å². The first kappa shape index (κ1) is 19.6. The van der Waals surface area contributed by atoms with E-state index in [-0.39, 0.29) is 0 Å². The molecule has 1 aliphatic carbocycles. The number of anilines is 3. The van der Waals surface area contributed by atoms with E-state index in [4.69, 9.17) is 14.1 Å². The fourth-order valence-corrected chi connectivity index (χ4v) is 3.90. The maximum absolute atomic E-state index is 6.10. The molecule has 1 fully saturated rings. The Labute approximate surface area is 181 Å². The summed E-state index contributed by atoms with van der Waals surface area (Å²) < 4.78 is 11.7. The van der Waals surface area contributed by atoms with Crippen LogP contribution in [0.25, 0.3) is 6.08 Å². The lowest BCUT2D eigenvalue weighted by Gasteiger charge is -2.33. The number of piperazine rings is 1. The molecule has 0 radical (unpaired) electrons. The van der Waals surface area contributed by atoms with Crippen LogP contribution in [-0.2, 0) is 6.42 Å². The Hall–Kier alpha value is -3.39. The van der Waals surface area contributed by atoms with Gasteiger partial charge in [0.2, 0.25) is 0 Å². The quantitative estimate of drug-likeness (QED) is 0.666. The van der Waals surface area contributed by atoms with Crippen molar-refractivity contribution < 1.29 is 9.15 Å². The number of nitrogens with zero attached hydrogens (tertiary/aromatic N) is 5. The molecule has 1 aliphatic heterocycles. The summed E-state index contributed by atoms with van der Waals surface area (Å²) in [6, 6.07) is 8.72. The molecule has 5 rings (SSSR count). The average molecular weight is 419 g/mol. The summed E-state index contributed by atoms with van der Waals surface area (Å²) in [5.41, 5.74) is 3.87. The fourth-order valence-electron chi connectivity index (χ4n) is 3.90. The number of allylic oxidation sites excluding steroid dienone is 1. The summed E-state index contributed by atoms with van der Waals surface area (Å²) in [5.74, 6) is 2.85. The van der Waals surface area contributed by atoms with Crippen LogP contribution in [0.15, 0.2) is 40.5 Å². The number of nitrogens with one attached hydrogen (secondary N) is 1. The van der Waals surface area contributed by atoms with Crippen molar-refractivity contribution in [1.29, 1.82) is 0 Å². The average Bonchev–Trinajstić information content (AvgIpc) is 3.32. The molecule has 8 nitrogen and oxygen atoms in total. The molecule has 1 saturated heterocycles. The zero-order valence-corrected chi connectivity index (χ0v) is 18.1. The maximum Gasteiger partial charge on any atom is 0.325 e. The van der Waals surface area contributed by atoms with Crippen molar-refractivity contribution in [1.82, 2.24) is 19.9 Å². The number of rotatable bonds is 5. The third-order valence-corrected chi connectivity index (χ3v) is 5.57. The van der Waals surface area contributed by atoms with Crippen molar-refractivity contribution in [2.75, 3.05) is 43.4 Å². The molecule has 2 aliphatic rings. The number of benzene rings is 1. The molecule has 0 bridgehead atoms. The lowest BCUT2D eigenvalue weighted by molar-refractivity contribution is 0.311. The van der Waals surface area contributed by atoms with Crippen molar-refractivity contribution in [2.24, 2.45) is 0 Å². The predicted molar refractivity (Wildman–Crippen MR) is 120 cm³/mol. The Morgan fingerprint density at radius 3 is 2.68 bits per heavy atom. The molecule has 0 amide bonds. The summed E-state index contributed by atoms with van der Waals surface area (Å²) in [4.78, 5) is 18.0. The maximum atomic E-state index is 6.10. The predicted octanol–water partition coefficient (Wildman–Crippen LogP) is 4.02. The standard InChI is InChI=1S/C23H26N6O2/c1-15-10-17-4-5-19(12-18(17)11-15)31-23-26-20(25-22-24-14-16(2)30-22)13-21(27-23)29-8-6-28(3)7-9-29/h4-5,11-14H,6-10H2,1-3H3,(H,24,25,26,27). The van der Waals surface area contributed by atoms with Gasteiger partial charge in [-0.25, -0.2) is 4.98 Å². The van der Waals surface area contributed by atoms with E-state index in [9.17, 15) is 0 Å². The highest BCUT2D eigenvalue weighted by Crippen LogP contribution is 2.31. The van der Waals surface area contributed by atoms with E-state index < -0.39 is 0 Å². The van der Waals surface area contributed by atoms with Gasteiger partial charge in [-0.15, -0.1) is 0 Å². The van der Waals surface area contributed by atoms with Crippen molar-refractivity contribution in [2.45, 2.75) is 20.3 Å². The van der Waals surface area contributed by atoms with Gasteiger partial charge in [-0.3, -0.25) is 5.32 Å². The first-order chi connectivity index (χ1) is 15.0. The van der Waals surface area contributed by atoms with Crippen LogP contribution in [0.5, 0.6) is 11.8 Å². The molecule has 8 heteroatoms. The summed E-state index contributed by atoms with van der Waals surface area (Å²) in [7, 11) is 2.13.